The Morgan fingerprint density at radius 3 is 2.17 bits per heavy atom. The van der Waals surface area contributed by atoms with Crippen LogP contribution in [0.4, 0.5) is 5.69 Å². The quantitative estimate of drug-likeness (QED) is 0.435. The number of hydrogen-bond acceptors (Lipinski definition) is 2. The fourth-order valence-corrected chi connectivity index (χ4v) is 4.92. The average Bonchev–Trinajstić information content (AvgIpc) is 2.95. The van der Waals surface area contributed by atoms with Gasteiger partial charge in [0, 0.05) is 12.0 Å². The van der Waals surface area contributed by atoms with Gasteiger partial charge in [-0.2, -0.15) is 0 Å². The van der Waals surface area contributed by atoms with Gasteiger partial charge in [-0.1, -0.05) is 84.4 Å². The monoisotopic (exact) mass is 391 g/mol. The third-order valence-electron chi connectivity index (χ3n) is 6.16. The molecule has 4 aromatic rings. The SMILES string of the molecule is Cc1cc(C)c(/N=C2\c3cccc4cccc(c34)C2(O)Cc2ccccc2)c(C)c1. The lowest BCUT2D eigenvalue weighted by molar-refractivity contribution is 0.116. The highest BCUT2D eigenvalue weighted by molar-refractivity contribution is 6.22. The molecule has 30 heavy (non-hydrogen) atoms. The molecule has 0 saturated carbocycles. The Bertz CT molecular complexity index is 1270. The minimum atomic E-state index is -1.17. The fraction of sp³-hybridized carbons (Fsp3) is 0.179. The van der Waals surface area contributed by atoms with Crippen molar-refractivity contribution in [2.75, 3.05) is 0 Å². The van der Waals surface area contributed by atoms with Crippen molar-refractivity contribution in [3.8, 4) is 0 Å². The van der Waals surface area contributed by atoms with Gasteiger partial charge >= 0.3 is 0 Å². The Labute approximate surface area is 177 Å². The summed E-state index contributed by atoms with van der Waals surface area (Å²) in [4.78, 5) is 5.15. The Morgan fingerprint density at radius 1 is 0.800 bits per heavy atom. The maximum Gasteiger partial charge on any atom is 0.137 e. The van der Waals surface area contributed by atoms with Crippen molar-refractivity contribution in [3.63, 3.8) is 0 Å². The van der Waals surface area contributed by atoms with E-state index < -0.39 is 5.60 Å². The van der Waals surface area contributed by atoms with Gasteiger partial charge in [0.25, 0.3) is 0 Å². The molecule has 1 aliphatic carbocycles. The van der Waals surface area contributed by atoms with Crippen LogP contribution < -0.4 is 0 Å². The summed E-state index contributed by atoms with van der Waals surface area (Å²) >= 11 is 0. The molecule has 0 saturated heterocycles. The van der Waals surface area contributed by atoms with E-state index in [1.165, 1.54) is 5.56 Å². The maximum atomic E-state index is 12.2. The fourth-order valence-electron chi connectivity index (χ4n) is 4.92. The first-order valence-corrected chi connectivity index (χ1v) is 10.4. The average molecular weight is 392 g/mol. The Hall–Kier alpha value is -3.23. The Kier molecular flexibility index (Phi) is 4.34. The second kappa shape index (κ2) is 6.93. The lowest BCUT2D eigenvalue weighted by Gasteiger charge is -2.26. The largest absolute Gasteiger partial charge is 0.378 e. The molecule has 2 nitrogen and oxygen atoms in total. The molecule has 0 heterocycles. The second-order valence-electron chi connectivity index (χ2n) is 8.44. The van der Waals surface area contributed by atoms with Crippen LogP contribution in [0, 0.1) is 20.8 Å². The van der Waals surface area contributed by atoms with Crippen molar-refractivity contribution < 1.29 is 5.11 Å². The first-order valence-electron chi connectivity index (χ1n) is 10.4. The summed E-state index contributed by atoms with van der Waals surface area (Å²) in [6.07, 6.45) is 0.490. The number of aryl methyl sites for hydroxylation is 3. The third-order valence-corrected chi connectivity index (χ3v) is 6.16. The normalized spacial score (nSPS) is 19.0. The van der Waals surface area contributed by atoms with Gasteiger partial charge in [0.15, 0.2) is 0 Å². The van der Waals surface area contributed by atoms with Gasteiger partial charge in [-0.3, -0.25) is 0 Å². The smallest absolute Gasteiger partial charge is 0.137 e. The number of aliphatic hydroxyl groups is 1. The van der Waals surface area contributed by atoms with Gasteiger partial charge in [-0.15, -0.1) is 0 Å². The van der Waals surface area contributed by atoms with Crippen LogP contribution in [0.5, 0.6) is 0 Å². The molecule has 0 bridgehead atoms. The van der Waals surface area contributed by atoms with Crippen LogP contribution in [0.3, 0.4) is 0 Å². The summed E-state index contributed by atoms with van der Waals surface area (Å²) in [5.74, 6) is 0. The molecule has 0 fully saturated rings. The van der Waals surface area contributed by atoms with E-state index in [2.05, 4.69) is 69.3 Å². The van der Waals surface area contributed by atoms with Crippen LogP contribution in [-0.2, 0) is 12.0 Å². The zero-order valence-electron chi connectivity index (χ0n) is 17.6. The van der Waals surface area contributed by atoms with E-state index in [0.29, 0.717) is 6.42 Å². The Morgan fingerprint density at radius 2 is 1.47 bits per heavy atom. The van der Waals surface area contributed by atoms with Crippen molar-refractivity contribution in [1.29, 1.82) is 0 Å². The minimum absolute atomic E-state index is 0.490. The molecule has 0 amide bonds. The number of hydrogen-bond donors (Lipinski definition) is 1. The highest BCUT2D eigenvalue weighted by atomic mass is 16.3. The molecule has 148 valence electrons. The third kappa shape index (κ3) is 2.88. The summed E-state index contributed by atoms with van der Waals surface area (Å²) in [5.41, 5.74) is 7.08. The highest BCUT2D eigenvalue weighted by Gasteiger charge is 2.44. The van der Waals surface area contributed by atoms with E-state index in [-0.39, 0.29) is 0 Å². The van der Waals surface area contributed by atoms with Crippen molar-refractivity contribution >= 4 is 22.2 Å². The summed E-state index contributed by atoms with van der Waals surface area (Å²) in [6, 6.07) is 26.9. The van der Waals surface area contributed by atoms with Crippen LogP contribution in [0.25, 0.3) is 10.8 Å². The summed E-state index contributed by atoms with van der Waals surface area (Å²) in [7, 11) is 0. The zero-order valence-corrected chi connectivity index (χ0v) is 17.6. The second-order valence-corrected chi connectivity index (χ2v) is 8.44. The molecular weight excluding hydrogens is 366 g/mol. The molecule has 1 atom stereocenters. The van der Waals surface area contributed by atoms with Gasteiger partial charge in [0.05, 0.1) is 11.4 Å². The van der Waals surface area contributed by atoms with Gasteiger partial charge in [-0.25, -0.2) is 4.99 Å². The number of benzene rings is 4. The van der Waals surface area contributed by atoms with E-state index in [1.807, 2.05) is 30.3 Å². The van der Waals surface area contributed by atoms with Crippen LogP contribution in [-0.4, -0.2) is 10.8 Å². The molecule has 5 rings (SSSR count). The number of aliphatic imine (C=N–C) groups is 1. The van der Waals surface area contributed by atoms with Gasteiger partial charge < -0.3 is 5.11 Å². The predicted molar refractivity (Wildman–Crippen MR) is 125 cm³/mol. The first kappa shape index (κ1) is 18.8. The van der Waals surface area contributed by atoms with E-state index in [9.17, 15) is 5.11 Å². The number of nitrogens with zero attached hydrogens (tertiary/aromatic N) is 1. The van der Waals surface area contributed by atoms with Crippen molar-refractivity contribution in [1.82, 2.24) is 0 Å². The van der Waals surface area contributed by atoms with Crippen LogP contribution in [0.15, 0.2) is 83.9 Å². The van der Waals surface area contributed by atoms with Crippen LogP contribution >= 0.6 is 0 Å². The van der Waals surface area contributed by atoms with Gasteiger partial charge in [0.2, 0.25) is 0 Å². The van der Waals surface area contributed by atoms with Crippen molar-refractivity contribution in [3.05, 3.63) is 112 Å². The lowest BCUT2D eigenvalue weighted by atomic mass is 9.86. The van der Waals surface area contributed by atoms with Crippen molar-refractivity contribution in [2.24, 2.45) is 4.99 Å². The van der Waals surface area contributed by atoms with E-state index in [1.54, 1.807) is 0 Å². The molecule has 0 radical (unpaired) electrons. The van der Waals surface area contributed by atoms with Crippen LogP contribution in [0.1, 0.15) is 33.4 Å². The zero-order chi connectivity index (χ0) is 20.9. The molecular formula is C28H25NO. The predicted octanol–water partition coefficient (Wildman–Crippen LogP) is 6.33. The topological polar surface area (TPSA) is 32.6 Å². The first-order chi connectivity index (χ1) is 14.5. The number of rotatable bonds is 3. The molecule has 2 heteroatoms. The van der Waals surface area contributed by atoms with E-state index >= 15 is 0 Å². The van der Waals surface area contributed by atoms with Crippen molar-refractivity contribution in [2.45, 2.75) is 32.8 Å². The molecule has 1 aliphatic rings. The molecule has 0 aliphatic heterocycles. The maximum absolute atomic E-state index is 12.2. The summed E-state index contributed by atoms with van der Waals surface area (Å²) in [5, 5.41) is 14.5. The Balaban J connectivity index is 1.79. The summed E-state index contributed by atoms with van der Waals surface area (Å²) in [6.45, 7) is 6.30. The molecule has 1 unspecified atom stereocenters. The van der Waals surface area contributed by atoms with Gasteiger partial charge in [-0.05, 0) is 53.8 Å². The van der Waals surface area contributed by atoms with E-state index in [0.717, 1.165) is 50.0 Å². The molecule has 1 N–H and O–H groups in total. The molecule has 4 aromatic carbocycles. The molecule has 0 aromatic heterocycles. The minimum Gasteiger partial charge on any atom is -0.378 e. The van der Waals surface area contributed by atoms with Crippen LogP contribution in [0.2, 0.25) is 0 Å². The molecule has 0 spiro atoms. The highest BCUT2D eigenvalue weighted by Crippen LogP contribution is 2.44. The lowest BCUT2D eigenvalue weighted by Crippen LogP contribution is -2.35. The van der Waals surface area contributed by atoms with Gasteiger partial charge in [0.1, 0.15) is 5.60 Å². The summed E-state index contributed by atoms with van der Waals surface area (Å²) < 4.78 is 0. The standard InChI is InChI=1S/C28H25NO/c1-18-15-19(2)26(20(3)16-18)29-27-23-13-7-11-22-12-8-14-24(25(22)23)28(27,30)17-21-9-5-4-6-10-21/h4-16,30H,17H2,1-3H3/b29-27+. The van der Waals surface area contributed by atoms with E-state index in [4.69, 9.17) is 4.99 Å².